The first-order valence-electron chi connectivity index (χ1n) is 8.50. The summed E-state index contributed by atoms with van der Waals surface area (Å²) in [5, 5.41) is 5.00. The number of rotatable bonds is 7. The third-order valence-corrected chi connectivity index (χ3v) is 3.72. The molecular formula is C18H23N3O5. The molecule has 1 aliphatic heterocycles. The molecule has 2 N–H and O–H groups in total. The molecule has 0 unspecified atom stereocenters. The number of carbonyl (C=O) groups is 4. The van der Waals surface area contributed by atoms with Gasteiger partial charge < -0.3 is 20.3 Å². The number of nitrogens with one attached hydrogen (secondary N) is 2. The lowest BCUT2D eigenvalue weighted by atomic mass is 10.2. The molecule has 0 saturated carbocycles. The van der Waals surface area contributed by atoms with Crippen LogP contribution in [0.2, 0.25) is 0 Å². The Morgan fingerprint density at radius 2 is 1.85 bits per heavy atom. The van der Waals surface area contributed by atoms with E-state index in [9.17, 15) is 19.2 Å². The van der Waals surface area contributed by atoms with Crippen molar-refractivity contribution in [1.82, 2.24) is 10.6 Å². The smallest absolute Gasteiger partial charge is 0.338 e. The van der Waals surface area contributed by atoms with Crippen molar-refractivity contribution in [2.75, 3.05) is 24.6 Å². The van der Waals surface area contributed by atoms with Crippen molar-refractivity contribution >= 4 is 29.4 Å². The number of benzene rings is 1. The van der Waals surface area contributed by atoms with E-state index in [0.717, 1.165) is 12.1 Å². The van der Waals surface area contributed by atoms with Crippen LogP contribution in [-0.2, 0) is 19.1 Å². The van der Waals surface area contributed by atoms with Crippen LogP contribution in [0, 0.1) is 0 Å². The number of anilines is 1. The van der Waals surface area contributed by atoms with Crippen molar-refractivity contribution in [1.29, 1.82) is 0 Å². The van der Waals surface area contributed by atoms with Crippen molar-refractivity contribution < 1.29 is 23.9 Å². The summed E-state index contributed by atoms with van der Waals surface area (Å²) in [4.78, 5) is 48.4. The van der Waals surface area contributed by atoms with Crippen LogP contribution in [0.25, 0.3) is 0 Å². The Morgan fingerprint density at radius 1 is 1.15 bits per heavy atom. The Balaban J connectivity index is 1.78. The van der Waals surface area contributed by atoms with Gasteiger partial charge in [0.05, 0.1) is 12.1 Å². The predicted molar refractivity (Wildman–Crippen MR) is 94.6 cm³/mol. The molecule has 1 heterocycles. The highest BCUT2D eigenvalue weighted by Gasteiger charge is 2.21. The normalized spacial score (nSPS) is 13.7. The zero-order chi connectivity index (χ0) is 19.1. The van der Waals surface area contributed by atoms with Crippen molar-refractivity contribution in [2.45, 2.75) is 32.7 Å². The molecule has 0 bridgehead atoms. The highest BCUT2D eigenvalue weighted by atomic mass is 16.5. The number of hydrogen-bond donors (Lipinski definition) is 2. The van der Waals surface area contributed by atoms with Crippen LogP contribution >= 0.6 is 0 Å². The molecule has 3 amide bonds. The van der Waals surface area contributed by atoms with E-state index >= 15 is 0 Å². The summed E-state index contributed by atoms with van der Waals surface area (Å²) in [6, 6.07) is 6.44. The Kier molecular flexibility index (Phi) is 6.71. The minimum absolute atomic E-state index is 0.0175. The van der Waals surface area contributed by atoms with Gasteiger partial charge in [0, 0.05) is 24.7 Å². The van der Waals surface area contributed by atoms with E-state index in [0.29, 0.717) is 13.0 Å². The first kappa shape index (κ1) is 19.4. The molecule has 1 aromatic carbocycles. The highest BCUT2D eigenvalue weighted by molar-refractivity contribution is 5.96. The first-order valence-corrected chi connectivity index (χ1v) is 8.50. The molecule has 1 saturated heterocycles. The van der Waals surface area contributed by atoms with Gasteiger partial charge in [-0.15, -0.1) is 0 Å². The molecule has 8 heteroatoms. The van der Waals surface area contributed by atoms with E-state index in [4.69, 9.17) is 4.74 Å². The lowest BCUT2D eigenvalue weighted by Crippen LogP contribution is -2.41. The lowest BCUT2D eigenvalue weighted by Gasteiger charge is -2.15. The Bertz CT molecular complexity index is 685. The maximum absolute atomic E-state index is 12.0. The average molecular weight is 361 g/mol. The number of hydrogen-bond acceptors (Lipinski definition) is 5. The summed E-state index contributed by atoms with van der Waals surface area (Å²) in [7, 11) is 0. The van der Waals surface area contributed by atoms with Gasteiger partial charge in [-0.1, -0.05) is 0 Å². The molecule has 0 radical (unpaired) electrons. The fourth-order valence-electron chi connectivity index (χ4n) is 2.52. The molecule has 0 aromatic heterocycles. The van der Waals surface area contributed by atoms with Crippen molar-refractivity contribution in [3.05, 3.63) is 29.8 Å². The number of amides is 3. The van der Waals surface area contributed by atoms with Gasteiger partial charge in [-0.25, -0.2) is 4.79 Å². The van der Waals surface area contributed by atoms with Crippen molar-refractivity contribution in [3.63, 3.8) is 0 Å². The maximum atomic E-state index is 12.0. The second-order valence-electron chi connectivity index (χ2n) is 6.27. The Labute approximate surface area is 151 Å². The topological polar surface area (TPSA) is 105 Å². The van der Waals surface area contributed by atoms with Gasteiger partial charge in [-0.3, -0.25) is 14.4 Å². The first-order chi connectivity index (χ1) is 12.4. The van der Waals surface area contributed by atoms with Gasteiger partial charge in [0.25, 0.3) is 5.91 Å². The Morgan fingerprint density at radius 3 is 2.42 bits per heavy atom. The van der Waals surface area contributed by atoms with E-state index in [2.05, 4.69) is 10.6 Å². The van der Waals surface area contributed by atoms with Crippen molar-refractivity contribution in [3.8, 4) is 0 Å². The molecule has 2 rings (SSSR count). The Hall–Kier alpha value is -2.90. The second kappa shape index (κ2) is 8.98. The fraction of sp³-hybridized carbons (Fsp3) is 0.444. The minimum atomic E-state index is -0.647. The zero-order valence-corrected chi connectivity index (χ0v) is 14.9. The summed E-state index contributed by atoms with van der Waals surface area (Å²) in [5.41, 5.74) is 1.02. The van der Waals surface area contributed by atoms with Gasteiger partial charge in [-0.2, -0.15) is 0 Å². The van der Waals surface area contributed by atoms with E-state index in [-0.39, 0.29) is 30.0 Å². The maximum Gasteiger partial charge on any atom is 0.338 e. The van der Waals surface area contributed by atoms with Gasteiger partial charge in [0.1, 0.15) is 0 Å². The van der Waals surface area contributed by atoms with Crippen LogP contribution in [0.4, 0.5) is 5.69 Å². The third-order valence-electron chi connectivity index (χ3n) is 3.72. The van der Waals surface area contributed by atoms with E-state index in [1.807, 2.05) is 13.8 Å². The largest absolute Gasteiger partial charge is 0.452 e. The van der Waals surface area contributed by atoms with Crippen LogP contribution in [0.1, 0.15) is 37.0 Å². The lowest BCUT2D eigenvalue weighted by molar-refractivity contribution is -0.128. The van der Waals surface area contributed by atoms with Gasteiger partial charge in [0.2, 0.25) is 11.8 Å². The summed E-state index contributed by atoms with van der Waals surface area (Å²) >= 11 is 0. The molecule has 1 aromatic rings. The quantitative estimate of drug-likeness (QED) is 0.693. The molecule has 0 atom stereocenters. The number of carbonyl (C=O) groups excluding carboxylic acids is 4. The molecule has 1 fully saturated rings. The van der Waals surface area contributed by atoms with Gasteiger partial charge in [0.15, 0.2) is 6.61 Å². The standard InChI is InChI=1S/C18H23N3O5/c1-12(2)20-15(22)10-19-16(23)11-26-18(25)13-5-7-14(8-6-13)21-9-3-4-17(21)24/h5-8,12H,3-4,9-11H2,1-2H3,(H,19,23)(H,20,22). The monoisotopic (exact) mass is 361 g/mol. The molecule has 0 spiro atoms. The van der Waals surface area contributed by atoms with Crippen molar-refractivity contribution in [2.24, 2.45) is 0 Å². The molecular weight excluding hydrogens is 338 g/mol. The van der Waals surface area contributed by atoms with Crippen LogP contribution < -0.4 is 15.5 Å². The van der Waals surface area contributed by atoms with Gasteiger partial charge >= 0.3 is 5.97 Å². The summed E-state index contributed by atoms with van der Waals surface area (Å²) < 4.78 is 4.93. The molecule has 0 aliphatic carbocycles. The van der Waals surface area contributed by atoms with E-state index in [1.165, 1.54) is 0 Å². The number of ether oxygens (including phenoxy) is 1. The molecule has 26 heavy (non-hydrogen) atoms. The summed E-state index contributed by atoms with van der Waals surface area (Å²) in [5.74, 6) is -1.45. The van der Waals surface area contributed by atoms with Crippen LogP contribution in [0.3, 0.4) is 0 Å². The van der Waals surface area contributed by atoms with Crippen LogP contribution in [0.15, 0.2) is 24.3 Å². The molecule has 1 aliphatic rings. The SMILES string of the molecule is CC(C)NC(=O)CNC(=O)COC(=O)c1ccc(N2CCCC2=O)cc1. The molecule has 140 valence electrons. The number of nitrogens with zero attached hydrogens (tertiary/aromatic N) is 1. The van der Waals surface area contributed by atoms with E-state index < -0.39 is 18.5 Å². The predicted octanol–water partition coefficient (Wildman–Crippen LogP) is 0.611. The van der Waals surface area contributed by atoms with Crippen LogP contribution in [0.5, 0.6) is 0 Å². The zero-order valence-electron chi connectivity index (χ0n) is 14.9. The average Bonchev–Trinajstić information content (AvgIpc) is 3.03. The molecule has 8 nitrogen and oxygen atoms in total. The van der Waals surface area contributed by atoms with Gasteiger partial charge in [-0.05, 0) is 44.5 Å². The third kappa shape index (κ3) is 5.58. The second-order valence-corrected chi connectivity index (χ2v) is 6.27. The minimum Gasteiger partial charge on any atom is -0.452 e. The summed E-state index contributed by atoms with van der Waals surface area (Å²) in [6.45, 7) is 3.65. The van der Waals surface area contributed by atoms with Crippen LogP contribution in [-0.4, -0.2) is 49.4 Å². The summed E-state index contributed by atoms with van der Waals surface area (Å²) in [6.07, 6.45) is 1.36. The van der Waals surface area contributed by atoms with E-state index in [1.54, 1.807) is 29.2 Å². The fourth-order valence-corrected chi connectivity index (χ4v) is 2.52. The number of esters is 1. The highest BCUT2D eigenvalue weighted by Crippen LogP contribution is 2.21.